The van der Waals surface area contributed by atoms with E-state index in [0.717, 1.165) is 0 Å². The molecule has 6 heteroatoms. The maximum absolute atomic E-state index is 11.8. The number of nitrogen functional groups attached to an aromatic ring is 1. The Morgan fingerprint density at radius 1 is 1.19 bits per heavy atom. The number of oxazole rings is 1. The van der Waals surface area contributed by atoms with E-state index >= 15 is 0 Å². The van der Waals surface area contributed by atoms with Crippen LogP contribution in [0.2, 0.25) is 5.02 Å². The van der Waals surface area contributed by atoms with Gasteiger partial charge in [0.25, 0.3) is 0 Å². The molecule has 0 aliphatic heterocycles. The molecule has 5 nitrogen and oxygen atoms in total. The van der Waals surface area contributed by atoms with Crippen LogP contribution in [0, 0.1) is 0 Å². The van der Waals surface area contributed by atoms with Crippen molar-refractivity contribution in [2.24, 2.45) is 0 Å². The molecule has 0 atom stereocenters. The first-order valence-electron chi connectivity index (χ1n) is 6.41. The molecule has 0 amide bonds. The first-order chi connectivity index (χ1) is 10.1. The van der Waals surface area contributed by atoms with Gasteiger partial charge in [0.05, 0.1) is 12.2 Å². The molecule has 2 aromatic carbocycles. The summed E-state index contributed by atoms with van der Waals surface area (Å²) in [5.74, 6) is 0.246. The lowest BCUT2D eigenvalue weighted by atomic mass is 10.3. The molecule has 21 heavy (non-hydrogen) atoms. The van der Waals surface area contributed by atoms with Crippen LogP contribution in [0.1, 0.15) is 0 Å². The summed E-state index contributed by atoms with van der Waals surface area (Å²) in [6.45, 7) is 0.674. The van der Waals surface area contributed by atoms with Gasteiger partial charge in [-0.05, 0) is 36.4 Å². The minimum Gasteiger partial charge on any atom is -0.492 e. The van der Waals surface area contributed by atoms with Gasteiger partial charge in [0, 0.05) is 5.02 Å². The molecule has 0 spiro atoms. The van der Waals surface area contributed by atoms with Crippen LogP contribution in [0.25, 0.3) is 11.1 Å². The molecule has 3 aromatic rings. The molecule has 0 radical (unpaired) electrons. The number of aromatic nitrogens is 1. The molecule has 0 saturated heterocycles. The Labute approximate surface area is 125 Å². The minimum atomic E-state index is -0.442. The Balaban J connectivity index is 1.78. The number of ether oxygens (including phenoxy) is 1. The van der Waals surface area contributed by atoms with Gasteiger partial charge in [0.15, 0.2) is 5.58 Å². The lowest BCUT2D eigenvalue weighted by Crippen LogP contribution is -2.19. The Morgan fingerprint density at radius 2 is 1.95 bits per heavy atom. The number of rotatable bonds is 4. The van der Waals surface area contributed by atoms with E-state index < -0.39 is 5.76 Å². The predicted molar refractivity (Wildman–Crippen MR) is 81.8 cm³/mol. The molecular formula is C15H13ClN2O3. The molecule has 0 saturated carbocycles. The first kappa shape index (κ1) is 13.6. The topological polar surface area (TPSA) is 70.4 Å². The van der Waals surface area contributed by atoms with Gasteiger partial charge in [-0.15, -0.1) is 0 Å². The summed E-state index contributed by atoms with van der Waals surface area (Å²) in [6, 6.07) is 12.2. The number of hydrogen-bond acceptors (Lipinski definition) is 4. The van der Waals surface area contributed by atoms with Crippen molar-refractivity contribution in [3.8, 4) is 5.75 Å². The second-order valence-electron chi connectivity index (χ2n) is 4.52. The van der Waals surface area contributed by atoms with E-state index in [1.807, 2.05) is 0 Å². The van der Waals surface area contributed by atoms with E-state index in [1.165, 1.54) is 4.57 Å². The SMILES string of the molecule is Nc1cccc2oc(=O)n(CCOc3ccc(Cl)cc3)c12. The van der Waals surface area contributed by atoms with Gasteiger partial charge in [-0.3, -0.25) is 4.57 Å². The number of para-hydroxylation sites is 1. The summed E-state index contributed by atoms with van der Waals surface area (Å²) in [5.41, 5.74) is 7.48. The van der Waals surface area contributed by atoms with Gasteiger partial charge in [0.1, 0.15) is 17.9 Å². The lowest BCUT2D eigenvalue weighted by Gasteiger charge is -2.07. The summed E-state index contributed by atoms with van der Waals surface area (Å²) in [5, 5.41) is 0.646. The number of hydrogen-bond donors (Lipinski definition) is 1. The second kappa shape index (κ2) is 5.54. The van der Waals surface area contributed by atoms with Crippen molar-refractivity contribution in [1.82, 2.24) is 4.57 Å². The zero-order valence-electron chi connectivity index (χ0n) is 11.1. The van der Waals surface area contributed by atoms with Gasteiger partial charge >= 0.3 is 5.76 Å². The molecule has 0 aliphatic carbocycles. The second-order valence-corrected chi connectivity index (χ2v) is 4.95. The highest BCUT2D eigenvalue weighted by atomic mass is 35.5. The molecule has 0 aliphatic rings. The van der Waals surface area contributed by atoms with Crippen LogP contribution in [0.5, 0.6) is 5.75 Å². The van der Waals surface area contributed by atoms with Crippen LogP contribution < -0.4 is 16.2 Å². The van der Waals surface area contributed by atoms with Crippen LogP contribution in [0.15, 0.2) is 51.7 Å². The highest BCUT2D eigenvalue weighted by Crippen LogP contribution is 2.20. The first-order valence-corrected chi connectivity index (χ1v) is 6.79. The summed E-state index contributed by atoms with van der Waals surface area (Å²) < 4.78 is 12.2. The number of fused-ring (bicyclic) bond motifs is 1. The summed E-state index contributed by atoms with van der Waals surface area (Å²) in [4.78, 5) is 11.8. The third kappa shape index (κ3) is 2.73. The highest BCUT2D eigenvalue weighted by Gasteiger charge is 2.11. The van der Waals surface area contributed by atoms with E-state index in [-0.39, 0.29) is 0 Å². The number of nitrogens with zero attached hydrogens (tertiary/aromatic N) is 1. The zero-order valence-corrected chi connectivity index (χ0v) is 11.8. The average Bonchev–Trinajstić information content (AvgIpc) is 2.79. The Bertz CT molecular complexity index is 821. The maximum atomic E-state index is 11.8. The predicted octanol–water partition coefficient (Wildman–Crippen LogP) is 2.91. The molecule has 108 valence electrons. The van der Waals surface area contributed by atoms with Crippen molar-refractivity contribution in [3.05, 3.63) is 58.0 Å². The Morgan fingerprint density at radius 3 is 2.71 bits per heavy atom. The van der Waals surface area contributed by atoms with E-state index in [0.29, 0.717) is 40.7 Å². The fourth-order valence-electron chi connectivity index (χ4n) is 2.14. The van der Waals surface area contributed by atoms with E-state index in [2.05, 4.69) is 0 Å². The van der Waals surface area contributed by atoms with Crippen molar-refractivity contribution in [3.63, 3.8) is 0 Å². The van der Waals surface area contributed by atoms with E-state index in [4.69, 9.17) is 26.5 Å². The molecule has 0 unspecified atom stereocenters. The quantitative estimate of drug-likeness (QED) is 0.752. The van der Waals surface area contributed by atoms with Crippen LogP contribution in [0.3, 0.4) is 0 Å². The largest absolute Gasteiger partial charge is 0.492 e. The van der Waals surface area contributed by atoms with Gasteiger partial charge in [-0.2, -0.15) is 0 Å². The van der Waals surface area contributed by atoms with Gasteiger partial charge in [-0.25, -0.2) is 4.79 Å². The number of nitrogens with two attached hydrogens (primary N) is 1. The van der Waals surface area contributed by atoms with Crippen molar-refractivity contribution >= 4 is 28.4 Å². The van der Waals surface area contributed by atoms with Crippen molar-refractivity contribution < 1.29 is 9.15 Å². The Kier molecular flexibility index (Phi) is 3.58. The normalized spacial score (nSPS) is 10.9. The highest BCUT2D eigenvalue weighted by molar-refractivity contribution is 6.30. The maximum Gasteiger partial charge on any atom is 0.420 e. The van der Waals surface area contributed by atoms with Crippen LogP contribution in [-0.4, -0.2) is 11.2 Å². The summed E-state index contributed by atoms with van der Waals surface area (Å²) >= 11 is 5.80. The van der Waals surface area contributed by atoms with Crippen molar-refractivity contribution in [1.29, 1.82) is 0 Å². The summed E-state index contributed by atoms with van der Waals surface area (Å²) in [7, 11) is 0. The van der Waals surface area contributed by atoms with Gasteiger partial charge in [0.2, 0.25) is 0 Å². The fraction of sp³-hybridized carbons (Fsp3) is 0.133. The van der Waals surface area contributed by atoms with Crippen LogP contribution in [0.4, 0.5) is 5.69 Å². The monoisotopic (exact) mass is 304 g/mol. The minimum absolute atomic E-state index is 0.324. The number of benzene rings is 2. The van der Waals surface area contributed by atoms with Gasteiger partial charge < -0.3 is 14.9 Å². The van der Waals surface area contributed by atoms with Gasteiger partial charge in [-0.1, -0.05) is 17.7 Å². The van der Waals surface area contributed by atoms with E-state index in [1.54, 1.807) is 42.5 Å². The average molecular weight is 305 g/mol. The lowest BCUT2D eigenvalue weighted by molar-refractivity contribution is 0.294. The fourth-order valence-corrected chi connectivity index (χ4v) is 2.27. The standard InChI is InChI=1S/C15H13ClN2O3/c16-10-4-6-11(7-5-10)20-9-8-18-14-12(17)2-1-3-13(14)21-15(18)19/h1-7H,8-9,17H2. The molecular weight excluding hydrogens is 292 g/mol. The number of anilines is 1. The molecule has 0 bridgehead atoms. The smallest absolute Gasteiger partial charge is 0.420 e. The molecule has 1 heterocycles. The van der Waals surface area contributed by atoms with Crippen molar-refractivity contribution in [2.45, 2.75) is 6.54 Å². The zero-order chi connectivity index (χ0) is 14.8. The van der Waals surface area contributed by atoms with Crippen molar-refractivity contribution in [2.75, 3.05) is 12.3 Å². The third-order valence-electron chi connectivity index (χ3n) is 3.12. The third-order valence-corrected chi connectivity index (χ3v) is 3.37. The van der Waals surface area contributed by atoms with Crippen LogP contribution >= 0.6 is 11.6 Å². The molecule has 1 aromatic heterocycles. The number of halogens is 1. The molecule has 0 fully saturated rings. The molecule has 2 N–H and O–H groups in total. The van der Waals surface area contributed by atoms with Crippen LogP contribution in [-0.2, 0) is 6.54 Å². The Hall–Kier alpha value is -2.40. The molecule has 3 rings (SSSR count). The van der Waals surface area contributed by atoms with E-state index in [9.17, 15) is 4.79 Å². The summed E-state index contributed by atoms with van der Waals surface area (Å²) in [6.07, 6.45) is 0.